The number of aliphatic imine (C=N–C) groups is 1. The lowest BCUT2D eigenvalue weighted by Gasteiger charge is -2.31. The van der Waals surface area contributed by atoms with E-state index in [1.165, 1.54) is 0 Å². The molecular formula is C23H35N5O2S. The Balaban J connectivity index is 1.44. The second-order valence-corrected chi connectivity index (χ2v) is 9.00. The van der Waals surface area contributed by atoms with Crippen LogP contribution in [0.25, 0.3) is 0 Å². The van der Waals surface area contributed by atoms with Crippen LogP contribution in [0.4, 0.5) is 0 Å². The molecule has 1 aromatic carbocycles. The maximum absolute atomic E-state index is 6.02. The second kappa shape index (κ2) is 12.0. The molecular weight excluding hydrogens is 410 g/mol. The van der Waals surface area contributed by atoms with E-state index in [2.05, 4.69) is 49.7 Å². The van der Waals surface area contributed by atoms with Crippen LogP contribution < -0.4 is 10.1 Å². The summed E-state index contributed by atoms with van der Waals surface area (Å²) in [5, 5.41) is 6.61. The van der Waals surface area contributed by atoms with E-state index in [-0.39, 0.29) is 0 Å². The van der Waals surface area contributed by atoms with Gasteiger partial charge in [-0.1, -0.05) is 12.1 Å². The zero-order valence-electron chi connectivity index (χ0n) is 19.1. The number of aromatic nitrogens is 1. The topological polar surface area (TPSA) is 62.2 Å². The zero-order chi connectivity index (χ0) is 22.1. The molecule has 0 radical (unpaired) electrons. The highest BCUT2D eigenvalue weighted by Gasteiger charge is 2.18. The number of likely N-dealkylation sites (N-methyl/N-ethyl adjacent to an activating group) is 1. The van der Waals surface area contributed by atoms with Crippen molar-refractivity contribution in [3.8, 4) is 5.75 Å². The number of benzene rings is 1. The van der Waals surface area contributed by atoms with E-state index in [4.69, 9.17) is 9.47 Å². The number of aryl methyl sites for hydroxylation is 1. The van der Waals surface area contributed by atoms with Crippen LogP contribution in [-0.4, -0.2) is 74.3 Å². The van der Waals surface area contributed by atoms with E-state index in [0.717, 1.165) is 67.1 Å². The maximum Gasteiger partial charge on any atom is 0.194 e. The molecule has 0 amide bonds. The SMILES string of the molecule is CN=C(NCc1cccc(OCCN(C)C2CCOCC2)c1)N(C)Cc1csc(C)n1. The molecule has 1 fully saturated rings. The van der Waals surface area contributed by atoms with Gasteiger partial charge in [-0.15, -0.1) is 11.3 Å². The highest BCUT2D eigenvalue weighted by Crippen LogP contribution is 2.15. The molecule has 3 rings (SSSR count). The molecule has 31 heavy (non-hydrogen) atoms. The molecule has 0 spiro atoms. The summed E-state index contributed by atoms with van der Waals surface area (Å²) in [4.78, 5) is 13.4. The maximum atomic E-state index is 6.02. The van der Waals surface area contributed by atoms with Gasteiger partial charge in [-0.3, -0.25) is 9.89 Å². The van der Waals surface area contributed by atoms with Crippen LogP contribution in [0, 0.1) is 6.92 Å². The zero-order valence-corrected chi connectivity index (χ0v) is 20.0. The largest absolute Gasteiger partial charge is 0.492 e. The van der Waals surface area contributed by atoms with E-state index in [9.17, 15) is 0 Å². The Morgan fingerprint density at radius 2 is 2.13 bits per heavy atom. The van der Waals surface area contributed by atoms with Crippen molar-refractivity contribution in [2.24, 2.45) is 4.99 Å². The quantitative estimate of drug-likeness (QED) is 0.473. The number of rotatable bonds is 9. The van der Waals surface area contributed by atoms with Gasteiger partial charge in [0.1, 0.15) is 12.4 Å². The molecule has 1 saturated heterocycles. The number of nitrogens with zero attached hydrogens (tertiary/aromatic N) is 4. The molecule has 1 N–H and O–H groups in total. The lowest BCUT2D eigenvalue weighted by molar-refractivity contribution is 0.0392. The normalized spacial score (nSPS) is 15.3. The first-order chi connectivity index (χ1) is 15.0. The minimum atomic E-state index is 0.602. The van der Waals surface area contributed by atoms with Crippen molar-refractivity contribution in [2.45, 2.75) is 38.9 Å². The number of nitrogens with one attached hydrogen (secondary N) is 1. The average molecular weight is 446 g/mol. The van der Waals surface area contributed by atoms with Gasteiger partial charge in [-0.25, -0.2) is 4.98 Å². The van der Waals surface area contributed by atoms with Gasteiger partial charge in [-0.2, -0.15) is 0 Å². The molecule has 0 atom stereocenters. The first-order valence-electron chi connectivity index (χ1n) is 10.9. The Kier molecular flexibility index (Phi) is 9.12. The van der Waals surface area contributed by atoms with Crippen molar-refractivity contribution in [3.63, 3.8) is 0 Å². The van der Waals surface area contributed by atoms with Crippen molar-refractivity contribution in [3.05, 3.63) is 45.9 Å². The summed E-state index contributed by atoms with van der Waals surface area (Å²) in [6.45, 7) is 6.78. The number of thiazole rings is 1. The summed E-state index contributed by atoms with van der Waals surface area (Å²) in [6.07, 6.45) is 2.21. The van der Waals surface area contributed by atoms with E-state index in [1.54, 1.807) is 18.4 Å². The molecule has 0 unspecified atom stereocenters. The van der Waals surface area contributed by atoms with Gasteiger partial charge in [0.15, 0.2) is 5.96 Å². The summed E-state index contributed by atoms with van der Waals surface area (Å²) in [5.41, 5.74) is 2.23. The predicted octanol–water partition coefficient (Wildman–Crippen LogP) is 3.15. The Bertz CT molecular complexity index is 835. The fourth-order valence-electron chi connectivity index (χ4n) is 3.73. The highest BCUT2D eigenvalue weighted by atomic mass is 32.1. The molecule has 7 nitrogen and oxygen atoms in total. The van der Waals surface area contributed by atoms with Crippen LogP contribution in [-0.2, 0) is 17.8 Å². The molecule has 2 aromatic rings. The smallest absolute Gasteiger partial charge is 0.194 e. The standard InChI is InChI=1S/C23H35N5O2S/c1-18-26-20(17-31-18)16-28(4)23(24-2)25-15-19-6-5-7-22(14-19)30-13-10-27(3)21-8-11-29-12-9-21/h5-7,14,17,21H,8-13,15-16H2,1-4H3,(H,24,25). The minimum absolute atomic E-state index is 0.602. The Hall–Kier alpha value is -2.16. The monoisotopic (exact) mass is 445 g/mol. The Morgan fingerprint density at radius 1 is 1.32 bits per heavy atom. The van der Waals surface area contributed by atoms with Gasteiger partial charge in [0, 0.05) is 51.8 Å². The molecule has 0 saturated carbocycles. The summed E-state index contributed by atoms with van der Waals surface area (Å²) in [6, 6.07) is 8.86. The van der Waals surface area contributed by atoms with Crippen molar-refractivity contribution >= 4 is 17.3 Å². The Morgan fingerprint density at radius 3 is 2.84 bits per heavy atom. The summed E-state index contributed by atoms with van der Waals surface area (Å²) in [5.74, 6) is 1.75. The molecule has 0 aliphatic carbocycles. The predicted molar refractivity (Wildman–Crippen MR) is 127 cm³/mol. The van der Waals surface area contributed by atoms with Gasteiger partial charge < -0.3 is 19.7 Å². The van der Waals surface area contributed by atoms with Gasteiger partial charge in [0.05, 0.1) is 17.2 Å². The van der Waals surface area contributed by atoms with Crippen LogP contribution >= 0.6 is 11.3 Å². The third kappa shape index (κ3) is 7.48. The molecule has 0 bridgehead atoms. The number of hydrogen-bond donors (Lipinski definition) is 1. The van der Waals surface area contributed by atoms with Crippen LogP contribution in [0.3, 0.4) is 0 Å². The molecule has 8 heteroatoms. The Labute approximate surface area is 190 Å². The van der Waals surface area contributed by atoms with Crippen LogP contribution in [0.5, 0.6) is 5.75 Å². The van der Waals surface area contributed by atoms with Gasteiger partial charge >= 0.3 is 0 Å². The van der Waals surface area contributed by atoms with Crippen LogP contribution in [0.1, 0.15) is 29.1 Å². The van der Waals surface area contributed by atoms with Crippen molar-refractivity contribution in [1.82, 2.24) is 20.1 Å². The first kappa shape index (κ1) is 23.5. The molecule has 1 aromatic heterocycles. The third-order valence-corrected chi connectivity index (χ3v) is 6.34. The number of hydrogen-bond acceptors (Lipinski definition) is 6. The minimum Gasteiger partial charge on any atom is -0.492 e. The molecule has 170 valence electrons. The van der Waals surface area contributed by atoms with Gasteiger partial charge in [0.2, 0.25) is 0 Å². The second-order valence-electron chi connectivity index (χ2n) is 7.93. The molecule has 1 aliphatic rings. The highest BCUT2D eigenvalue weighted by molar-refractivity contribution is 7.09. The van der Waals surface area contributed by atoms with Crippen LogP contribution in [0.2, 0.25) is 0 Å². The summed E-state index contributed by atoms with van der Waals surface area (Å²) in [7, 11) is 6.01. The van der Waals surface area contributed by atoms with Crippen molar-refractivity contribution < 1.29 is 9.47 Å². The van der Waals surface area contributed by atoms with Crippen molar-refractivity contribution in [1.29, 1.82) is 0 Å². The lowest BCUT2D eigenvalue weighted by atomic mass is 10.1. The fraction of sp³-hybridized carbons (Fsp3) is 0.565. The van der Waals surface area contributed by atoms with E-state index >= 15 is 0 Å². The fourth-order valence-corrected chi connectivity index (χ4v) is 4.33. The lowest BCUT2D eigenvalue weighted by Crippen LogP contribution is -2.38. The molecule has 1 aliphatic heterocycles. The summed E-state index contributed by atoms with van der Waals surface area (Å²) >= 11 is 1.67. The first-order valence-corrected chi connectivity index (χ1v) is 11.8. The van der Waals surface area contributed by atoms with Crippen molar-refractivity contribution in [2.75, 3.05) is 47.5 Å². The van der Waals surface area contributed by atoms with E-state index < -0.39 is 0 Å². The van der Waals surface area contributed by atoms with E-state index in [0.29, 0.717) is 19.2 Å². The number of guanidine groups is 1. The van der Waals surface area contributed by atoms with Gasteiger partial charge in [-0.05, 0) is 44.5 Å². The average Bonchev–Trinajstić information content (AvgIpc) is 3.19. The summed E-state index contributed by atoms with van der Waals surface area (Å²) < 4.78 is 11.5. The third-order valence-electron chi connectivity index (χ3n) is 5.52. The number of ether oxygens (including phenoxy) is 2. The van der Waals surface area contributed by atoms with Crippen LogP contribution in [0.15, 0.2) is 34.6 Å². The molecule has 2 heterocycles. The van der Waals surface area contributed by atoms with E-state index in [1.807, 2.05) is 26.1 Å². The van der Waals surface area contributed by atoms with Gasteiger partial charge in [0.25, 0.3) is 0 Å².